The number of hydrogen-bond donors (Lipinski definition) is 1. The van der Waals surface area contributed by atoms with Gasteiger partial charge in [0.1, 0.15) is 6.61 Å². The molecule has 1 heterocycles. The molecule has 0 aliphatic carbocycles. The maximum absolute atomic E-state index is 11.4. The van der Waals surface area contributed by atoms with Crippen LogP contribution in [0.1, 0.15) is 0 Å². The van der Waals surface area contributed by atoms with E-state index in [-0.39, 0.29) is 31.0 Å². The van der Waals surface area contributed by atoms with E-state index in [1.54, 1.807) is 4.90 Å². The first-order valence-corrected chi connectivity index (χ1v) is 4.36. The number of hydrogen-bond acceptors (Lipinski definition) is 4. The Morgan fingerprint density at radius 2 is 2.43 bits per heavy atom. The number of nitrogens with zero attached hydrogens (tertiary/aromatic N) is 1. The van der Waals surface area contributed by atoms with Crippen LogP contribution in [0.25, 0.3) is 0 Å². The van der Waals surface area contributed by atoms with Gasteiger partial charge in [-0.3, -0.25) is 4.79 Å². The number of carbonyl (C=O) groups is 1. The minimum absolute atomic E-state index is 0. The molecule has 84 valence electrons. The lowest BCUT2D eigenvalue weighted by molar-refractivity contribution is -0.142. The Bertz CT molecular complexity index is 180. The summed E-state index contributed by atoms with van der Waals surface area (Å²) in [6.07, 6.45) is -0.0189. The number of halogens is 1. The van der Waals surface area contributed by atoms with Crippen LogP contribution in [0.2, 0.25) is 0 Å². The Hall–Kier alpha value is -0.360. The Kier molecular flexibility index (Phi) is 6.82. The lowest BCUT2D eigenvalue weighted by Gasteiger charge is -2.32. The predicted octanol–water partition coefficient (Wildman–Crippen LogP) is -0.759. The molecular weight excluding hydrogens is 208 g/mol. The molecule has 1 atom stereocenters. The molecule has 1 fully saturated rings. The van der Waals surface area contributed by atoms with E-state index in [1.165, 1.54) is 7.11 Å². The van der Waals surface area contributed by atoms with Crippen LogP contribution < -0.4 is 5.73 Å². The van der Waals surface area contributed by atoms with Crippen molar-refractivity contribution in [2.45, 2.75) is 6.10 Å². The third-order valence-corrected chi connectivity index (χ3v) is 2.02. The lowest BCUT2D eigenvalue weighted by Crippen LogP contribution is -2.49. The van der Waals surface area contributed by atoms with Gasteiger partial charge in [0, 0.05) is 26.7 Å². The summed E-state index contributed by atoms with van der Waals surface area (Å²) in [6.45, 7) is 2.38. The number of carbonyl (C=O) groups excluding carboxylic acids is 1. The van der Waals surface area contributed by atoms with E-state index in [2.05, 4.69) is 0 Å². The van der Waals surface area contributed by atoms with Gasteiger partial charge in [-0.05, 0) is 0 Å². The van der Waals surface area contributed by atoms with Crippen molar-refractivity contribution in [1.82, 2.24) is 4.90 Å². The smallest absolute Gasteiger partial charge is 0.248 e. The highest BCUT2D eigenvalue weighted by molar-refractivity contribution is 5.85. The summed E-state index contributed by atoms with van der Waals surface area (Å²) >= 11 is 0. The molecule has 1 rings (SSSR count). The van der Waals surface area contributed by atoms with Gasteiger partial charge in [0.2, 0.25) is 5.91 Å². The molecule has 0 spiro atoms. The van der Waals surface area contributed by atoms with Crippen LogP contribution in [0.3, 0.4) is 0 Å². The van der Waals surface area contributed by atoms with Crippen molar-refractivity contribution in [2.75, 3.05) is 40.0 Å². The summed E-state index contributed by atoms with van der Waals surface area (Å²) < 4.78 is 10.1. The third-order valence-electron chi connectivity index (χ3n) is 2.02. The van der Waals surface area contributed by atoms with Gasteiger partial charge >= 0.3 is 0 Å². The molecule has 0 aromatic heterocycles. The Morgan fingerprint density at radius 1 is 1.71 bits per heavy atom. The maximum atomic E-state index is 11.4. The number of nitrogens with two attached hydrogens (primary N) is 1. The zero-order valence-corrected chi connectivity index (χ0v) is 9.09. The second-order valence-electron chi connectivity index (χ2n) is 3.00. The minimum atomic E-state index is -0.0189. The van der Waals surface area contributed by atoms with Gasteiger partial charge in [-0.1, -0.05) is 0 Å². The van der Waals surface area contributed by atoms with Crippen LogP contribution in [-0.4, -0.2) is 56.9 Å². The molecule has 0 radical (unpaired) electrons. The fraction of sp³-hybridized carbons (Fsp3) is 0.875. The maximum Gasteiger partial charge on any atom is 0.248 e. The molecular formula is C8H17ClN2O3. The molecule has 0 bridgehead atoms. The van der Waals surface area contributed by atoms with Crippen LogP contribution in [0, 0.1) is 0 Å². The highest BCUT2D eigenvalue weighted by Crippen LogP contribution is 2.04. The molecule has 0 aromatic carbocycles. The van der Waals surface area contributed by atoms with Gasteiger partial charge < -0.3 is 20.1 Å². The first-order chi connectivity index (χ1) is 6.27. The van der Waals surface area contributed by atoms with Crippen molar-refractivity contribution < 1.29 is 14.3 Å². The monoisotopic (exact) mass is 224 g/mol. The first-order valence-electron chi connectivity index (χ1n) is 4.36. The summed E-state index contributed by atoms with van der Waals surface area (Å²) in [5.74, 6) is 0.00394. The molecule has 0 aromatic rings. The topological polar surface area (TPSA) is 64.8 Å². The van der Waals surface area contributed by atoms with Crippen LogP contribution in [0.4, 0.5) is 0 Å². The summed E-state index contributed by atoms with van der Waals surface area (Å²) in [5, 5.41) is 0. The largest absolute Gasteiger partial charge is 0.375 e. The highest BCUT2D eigenvalue weighted by atomic mass is 35.5. The first kappa shape index (κ1) is 13.6. The van der Waals surface area contributed by atoms with Gasteiger partial charge in [0.25, 0.3) is 0 Å². The van der Waals surface area contributed by atoms with Crippen molar-refractivity contribution >= 4 is 18.3 Å². The third kappa shape index (κ3) is 3.79. The van der Waals surface area contributed by atoms with Gasteiger partial charge in [-0.15, -0.1) is 12.4 Å². The number of morpholine rings is 1. The quantitative estimate of drug-likeness (QED) is 0.685. The number of rotatable bonds is 3. The number of ether oxygens (including phenoxy) is 2. The van der Waals surface area contributed by atoms with Gasteiger partial charge in [0.05, 0.1) is 12.7 Å². The average Bonchev–Trinajstić information content (AvgIpc) is 2.18. The minimum Gasteiger partial charge on any atom is -0.375 e. The van der Waals surface area contributed by atoms with E-state index in [9.17, 15) is 4.79 Å². The molecule has 1 amide bonds. The molecule has 1 aliphatic heterocycles. The summed E-state index contributed by atoms with van der Waals surface area (Å²) in [5.41, 5.74) is 5.45. The second kappa shape index (κ2) is 7.00. The van der Waals surface area contributed by atoms with Gasteiger partial charge in [-0.2, -0.15) is 0 Å². The highest BCUT2D eigenvalue weighted by Gasteiger charge is 2.22. The second-order valence-corrected chi connectivity index (χ2v) is 3.00. The van der Waals surface area contributed by atoms with Crippen molar-refractivity contribution in [3.63, 3.8) is 0 Å². The molecule has 5 nitrogen and oxygen atoms in total. The summed E-state index contributed by atoms with van der Waals surface area (Å²) in [6, 6.07) is 0. The van der Waals surface area contributed by atoms with E-state index >= 15 is 0 Å². The van der Waals surface area contributed by atoms with E-state index in [4.69, 9.17) is 15.2 Å². The predicted molar refractivity (Wildman–Crippen MR) is 54.5 cm³/mol. The summed E-state index contributed by atoms with van der Waals surface area (Å²) in [4.78, 5) is 13.1. The fourth-order valence-corrected chi connectivity index (χ4v) is 1.30. The molecule has 0 saturated carbocycles. The SMILES string of the molecule is COCC(=O)N1CCO[C@H](CN)C1.Cl. The average molecular weight is 225 g/mol. The molecule has 1 aliphatic rings. The van der Waals surface area contributed by atoms with E-state index in [0.717, 1.165) is 0 Å². The van der Waals surface area contributed by atoms with E-state index in [0.29, 0.717) is 26.2 Å². The number of methoxy groups -OCH3 is 1. The fourth-order valence-electron chi connectivity index (χ4n) is 1.30. The zero-order valence-electron chi connectivity index (χ0n) is 8.27. The standard InChI is InChI=1S/C8H16N2O3.ClH/c1-12-6-8(11)10-2-3-13-7(4-9)5-10;/h7H,2-6,9H2,1H3;1H/t7-;/m1./s1. The Balaban J connectivity index is 0.00000169. The van der Waals surface area contributed by atoms with Crippen molar-refractivity contribution in [3.8, 4) is 0 Å². The molecule has 2 N–H and O–H groups in total. The Labute approximate surface area is 89.9 Å². The van der Waals surface area contributed by atoms with Gasteiger partial charge in [-0.25, -0.2) is 0 Å². The van der Waals surface area contributed by atoms with E-state index in [1.807, 2.05) is 0 Å². The molecule has 1 saturated heterocycles. The normalized spacial score (nSPS) is 21.6. The van der Waals surface area contributed by atoms with Crippen molar-refractivity contribution in [1.29, 1.82) is 0 Å². The molecule has 14 heavy (non-hydrogen) atoms. The van der Waals surface area contributed by atoms with Crippen LogP contribution in [0.15, 0.2) is 0 Å². The van der Waals surface area contributed by atoms with Crippen molar-refractivity contribution in [3.05, 3.63) is 0 Å². The summed E-state index contributed by atoms with van der Waals surface area (Å²) in [7, 11) is 1.51. The van der Waals surface area contributed by atoms with E-state index < -0.39 is 0 Å². The lowest BCUT2D eigenvalue weighted by atomic mass is 10.2. The zero-order chi connectivity index (χ0) is 9.68. The van der Waals surface area contributed by atoms with Crippen molar-refractivity contribution in [2.24, 2.45) is 5.73 Å². The van der Waals surface area contributed by atoms with Crippen LogP contribution in [-0.2, 0) is 14.3 Å². The van der Waals surface area contributed by atoms with Crippen LogP contribution >= 0.6 is 12.4 Å². The van der Waals surface area contributed by atoms with Gasteiger partial charge in [0.15, 0.2) is 0 Å². The Morgan fingerprint density at radius 3 is 3.00 bits per heavy atom. The molecule has 0 unspecified atom stereocenters. The van der Waals surface area contributed by atoms with Crippen LogP contribution in [0.5, 0.6) is 0 Å². The number of amides is 1. The molecule has 6 heteroatoms.